The van der Waals surface area contributed by atoms with Crippen molar-refractivity contribution in [1.82, 2.24) is 21.3 Å². The average Bonchev–Trinajstić information content (AvgIpc) is 3.02. The Balaban J connectivity index is 5.87. The van der Waals surface area contributed by atoms with Crippen LogP contribution in [0, 0.1) is 0 Å². The average molecular weight is 659 g/mol. The molecule has 0 heterocycles. The summed E-state index contributed by atoms with van der Waals surface area (Å²) in [5.74, 6) is -3.49. The molecule has 4 amide bonds. The molecular weight excluding hydrogens is 596 g/mol. The third-order valence-electron chi connectivity index (χ3n) is 7.61. The highest BCUT2D eigenvalue weighted by molar-refractivity contribution is 5.95. The second kappa shape index (κ2) is 27.2. The summed E-state index contributed by atoms with van der Waals surface area (Å²) < 4.78 is 0. The van der Waals surface area contributed by atoms with Crippen molar-refractivity contribution in [2.75, 3.05) is 32.7 Å². The minimum Gasteiger partial charge on any atom is -0.480 e. The van der Waals surface area contributed by atoms with Gasteiger partial charge in [-0.15, -0.1) is 0 Å². The molecule has 46 heavy (non-hydrogen) atoms. The summed E-state index contributed by atoms with van der Waals surface area (Å²) in [6.45, 7) is 2.05. The maximum absolute atomic E-state index is 13.6. The van der Waals surface area contributed by atoms with E-state index in [-0.39, 0.29) is 25.7 Å². The molecule has 0 spiro atoms. The van der Waals surface area contributed by atoms with E-state index in [1.165, 1.54) is 0 Å². The van der Waals surface area contributed by atoms with E-state index in [0.717, 1.165) is 6.42 Å². The Kier molecular flexibility index (Phi) is 25.5. The molecule has 0 fully saturated rings. The van der Waals surface area contributed by atoms with Crippen molar-refractivity contribution >= 4 is 29.6 Å². The third-order valence-corrected chi connectivity index (χ3v) is 7.61. The summed E-state index contributed by atoms with van der Waals surface area (Å²) in [6.07, 6.45) is 7.21. The minimum absolute atomic E-state index is 0.188. The fourth-order valence-electron chi connectivity index (χ4n) is 4.77. The Labute approximate surface area is 273 Å². The SMILES string of the molecule is NCCCC[C@H](NC(=O)[C@@H](CCCCN)NC(=O)[C@@H](CCCCN)NC(=O)[C@@H](N)CCCCN)C(=O)N[C@H](CCCCN)C(=O)O. The van der Waals surface area contributed by atoms with Gasteiger partial charge in [-0.3, -0.25) is 19.2 Å². The molecule has 0 bridgehead atoms. The van der Waals surface area contributed by atoms with Crippen LogP contribution in [0.1, 0.15) is 96.3 Å². The first-order valence-corrected chi connectivity index (χ1v) is 16.8. The molecule has 16 heteroatoms. The largest absolute Gasteiger partial charge is 0.480 e. The van der Waals surface area contributed by atoms with E-state index in [1.54, 1.807) is 0 Å². The number of unbranched alkanes of at least 4 members (excludes halogenated alkanes) is 5. The number of hydrogen-bond acceptors (Lipinski definition) is 11. The fourth-order valence-corrected chi connectivity index (χ4v) is 4.77. The van der Waals surface area contributed by atoms with Crippen LogP contribution in [-0.4, -0.2) is 97.6 Å². The van der Waals surface area contributed by atoms with Gasteiger partial charge in [-0.25, -0.2) is 4.79 Å². The second-order valence-corrected chi connectivity index (χ2v) is 11.6. The number of rotatable bonds is 29. The number of amides is 4. The van der Waals surface area contributed by atoms with E-state index in [9.17, 15) is 29.1 Å². The number of carbonyl (C=O) groups is 5. The van der Waals surface area contributed by atoms with Crippen LogP contribution in [0.25, 0.3) is 0 Å². The smallest absolute Gasteiger partial charge is 0.326 e. The van der Waals surface area contributed by atoms with Gasteiger partial charge in [0, 0.05) is 0 Å². The molecule has 0 aromatic heterocycles. The fraction of sp³-hybridized carbons (Fsp3) is 0.833. The number of carboxylic acid groups (broad SMARTS) is 1. The van der Waals surface area contributed by atoms with E-state index in [4.69, 9.17) is 34.4 Å². The maximum atomic E-state index is 13.6. The summed E-state index contributed by atoms with van der Waals surface area (Å²) in [4.78, 5) is 64.9. The zero-order valence-corrected chi connectivity index (χ0v) is 27.5. The van der Waals surface area contributed by atoms with Gasteiger partial charge in [-0.1, -0.05) is 6.42 Å². The topological polar surface area (TPSA) is 310 Å². The van der Waals surface area contributed by atoms with E-state index in [1.807, 2.05) is 0 Å². The Morgan fingerprint density at radius 1 is 0.413 bits per heavy atom. The summed E-state index contributed by atoms with van der Waals surface area (Å²) in [7, 11) is 0. The number of hydrogen-bond donors (Lipinski definition) is 11. The Hall–Kier alpha value is -2.89. The zero-order chi connectivity index (χ0) is 34.7. The van der Waals surface area contributed by atoms with E-state index < -0.39 is 59.8 Å². The lowest BCUT2D eigenvalue weighted by Gasteiger charge is -2.26. The van der Waals surface area contributed by atoms with Gasteiger partial charge in [0.05, 0.1) is 6.04 Å². The van der Waals surface area contributed by atoms with Gasteiger partial charge in [-0.05, 0) is 123 Å². The first kappa shape index (κ1) is 43.1. The molecule has 17 N–H and O–H groups in total. The van der Waals surface area contributed by atoms with Crippen LogP contribution < -0.4 is 55.7 Å². The molecule has 0 aliphatic rings. The quantitative estimate of drug-likeness (QED) is 0.0388. The van der Waals surface area contributed by atoms with Crippen molar-refractivity contribution in [3.63, 3.8) is 0 Å². The van der Waals surface area contributed by atoms with Gasteiger partial charge in [-0.2, -0.15) is 0 Å². The van der Waals surface area contributed by atoms with Crippen LogP contribution in [-0.2, 0) is 24.0 Å². The van der Waals surface area contributed by atoms with Crippen LogP contribution in [0.5, 0.6) is 0 Å². The molecule has 0 saturated carbocycles. The predicted octanol–water partition coefficient (Wildman–Crippen LogP) is -2.02. The summed E-state index contributed by atoms with van der Waals surface area (Å²) in [5, 5.41) is 20.3. The van der Waals surface area contributed by atoms with Crippen molar-refractivity contribution in [1.29, 1.82) is 0 Å². The lowest BCUT2D eigenvalue weighted by molar-refractivity contribution is -0.142. The zero-order valence-electron chi connectivity index (χ0n) is 27.5. The molecule has 0 aliphatic heterocycles. The van der Waals surface area contributed by atoms with Crippen LogP contribution in [0.2, 0.25) is 0 Å². The van der Waals surface area contributed by atoms with Crippen molar-refractivity contribution in [2.24, 2.45) is 34.4 Å². The number of nitrogens with two attached hydrogens (primary N) is 6. The van der Waals surface area contributed by atoms with Crippen molar-refractivity contribution in [3.8, 4) is 0 Å². The molecule has 268 valence electrons. The van der Waals surface area contributed by atoms with Gasteiger partial charge in [0.25, 0.3) is 0 Å². The molecule has 0 aromatic carbocycles. The van der Waals surface area contributed by atoms with Crippen LogP contribution in [0.15, 0.2) is 0 Å². The van der Waals surface area contributed by atoms with Crippen molar-refractivity contribution in [3.05, 3.63) is 0 Å². The van der Waals surface area contributed by atoms with E-state index in [0.29, 0.717) is 96.9 Å². The maximum Gasteiger partial charge on any atom is 0.326 e. The van der Waals surface area contributed by atoms with Crippen molar-refractivity contribution < 1.29 is 29.1 Å². The highest BCUT2D eigenvalue weighted by atomic mass is 16.4. The van der Waals surface area contributed by atoms with E-state index >= 15 is 0 Å². The van der Waals surface area contributed by atoms with Gasteiger partial charge in [0.1, 0.15) is 24.2 Å². The molecular formula is C30H62N10O6. The Morgan fingerprint density at radius 3 is 0.978 bits per heavy atom. The summed E-state index contributed by atoms with van der Waals surface area (Å²) >= 11 is 0. The molecule has 0 unspecified atom stereocenters. The van der Waals surface area contributed by atoms with Gasteiger partial charge in [0.15, 0.2) is 0 Å². The van der Waals surface area contributed by atoms with Gasteiger partial charge >= 0.3 is 5.97 Å². The lowest BCUT2D eigenvalue weighted by Crippen LogP contribution is -2.58. The Bertz CT molecular complexity index is 881. The first-order valence-electron chi connectivity index (χ1n) is 16.8. The molecule has 0 radical (unpaired) electrons. The third kappa shape index (κ3) is 19.6. The van der Waals surface area contributed by atoms with Crippen LogP contribution in [0.4, 0.5) is 0 Å². The van der Waals surface area contributed by atoms with Crippen LogP contribution in [0.3, 0.4) is 0 Å². The standard InChI is InChI=1S/C30H62N10O6/c31-16-6-1-11-21(36)26(41)37-22(12-2-7-17-32)27(42)38-23(13-3-8-18-33)28(43)39-24(14-4-9-19-34)29(44)40-25(30(45)46)15-5-10-20-35/h21-25H,1-20,31-36H2,(H,37,41)(H,38,42)(H,39,43)(H,40,44)(H,45,46)/t21-,22+,23+,24-,25+/m0/s1. The van der Waals surface area contributed by atoms with Crippen LogP contribution >= 0.6 is 0 Å². The molecule has 16 nitrogen and oxygen atoms in total. The molecule has 0 aromatic rings. The number of carboxylic acids is 1. The van der Waals surface area contributed by atoms with Gasteiger partial charge in [0.2, 0.25) is 23.6 Å². The monoisotopic (exact) mass is 658 g/mol. The predicted molar refractivity (Wildman–Crippen MR) is 178 cm³/mol. The number of nitrogens with one attached hydrogen (secondary N) is 4. The normalized spacial score (nSPS) is 14.4. The molecule has 0 aliphatic carbocycles. The first-order chi connectivity index (χ1) is 22.1. The highest BCUT2D eigenvalue weighted by Crippen LogP contribution is 2.09. The lowest BCUT2D eigenvalue weighted by atomic mass is 10.0. The molecule has 0 rings (SSSR count). The second-order valence-electron chi connectivity index (χ2n) is 11.6. The summed E-state index contributed by atoms with van der Waals surface area (Å²) in [5.41, 5.74) is 34.0. The Morgan fingerprint density at radius 2 is 0.674 bits per heavy atom. The van der Waals surface area contributed by atoms with E-state index in [2.05, 4.69) is 21.3 Å². The number of carbonyl (C=O) groups excluding carboxylic acids is 4. The van der Waals surface area contributed by atoms with Crippen molar-refractivity contribution in [2.45, 2.75) is 127 Å². The minimum atomic E-state index is -1.19. The number of aliphatic carboxylic acids is 1. The van der Waals surface area contributed by atoms with Gasteiger partial charge < -0.3 is 60.8 Å². The highest BCUT2D eigenvalue weighted by Gasteiger charge is 2.31. The summed E-state index contributed by atoms with van der Waals surface area (Å²) in [6, 6.07) is -5.03. The molecule has 5 atom stereocenters. The molecule has 0 saturated heterocycles.